The van der Waals surface area contributed by atoms with Gasteiger partial charge in [-0.1, -0.05) is 43.6 Å². The second-order valence-corrected chi connectivity index (χ2v) is 4.85. The van der Waals surface area contributed by atoms with Gasteiger partial charge in [-0.2, -0.15) is 13.2 Å². The number of rotatable bonds is 4. The van der Waals surface area contributed by atoms with Gasteiger partial charge >= 0.3 is 12.1 Å². The maximum atomic E-state index is 12.6. The fraction of sp³-hybridized carbons (Fsp3) is 0.235. The molecule has 0 fully saturated rings. The van der Waals surface area contributed by atoms with E-state index in [1.807, 2.05) is 13.8 Å². The molecule has 0 aromatic heterocycles. The van der Waals surface area contributed by atoms with Crippen molar-refractivity contribution < 1.29 is 27.8 Å². The summed E-state index contributed by atoms with van der Waals surface area (Å²) in [5, 5.41) is 9.62. The van der Waals surface area contributed by atoms with Crippen molar-refractivity contribution in [2.45, 2.75) is 26.1 Å². The topological polar surface area (TPSA) is 46.5 Å². The minimum Gasteiger partial charge on any atom is -0.478 e. The van der Waals surface area contributed by atoms with Crippen LogP contribution in [0.1, 0.15) is 31.1 Å². The molecule has 0 saturated heterocycles. The molecule has 2 aromatic rings. The largest absolute Gasteiger partial charge is 0.478 e. The number of halogens is 4. The molecule has 2 rings (SSSR count). The Morgan fingerprint density at radius 1 is 1.12 bits per heavy atom. The first-order chi connectivity index (χ1) is 11.3. The van der Waals surface area contributed by atoms with Gasteiger partial charge in [-0.25, -0.2) is 4.79 Å². The molecule has 3 nitrogen and oxygen atoms in total. The van der Waals surface area contributed by atoms with E-state index >= 15 is 0 Å². The van der Waals surface area contributed by atoms with Crippen molar-refractivity contribution in [2.24, 2.45) is 0 Å². The van der Waals surface area contributed by atoms with E-state index in [-0.39, 0.29) is 11.3 Å². The molecule has 0 aliphatic heterocycles. The quantitative estimate of drug-likeness (QED) is 0.773. The molecule has 7 heteroatoms. The Bertz CT molecular complexity index is 670. The summed E-state index contributed by atoms with van der Waals surface area (Å²) in [5.74, 6) is -1.50. The fourth-order valence-electron chi connectivity index (χ4n) is 1.78. The molecule has 0 heterocycles. The van der Waals surface area contributed by atoms with Crippen molar-refractivity contribution in [1.29, 1.82) is 0 Å². The summed E-state index contributed by atoms with van der Waals surface area (Å²) in [6, 6.07) is 9.88. The zero-order chi connectivity index (χ0) is 18.3. The van der Waals surface area contributed by atoms with Gasteiger partial charge in [0.15, 0.2) is 0 Å². The molecule has 0 amide bonds. The van der Waals surface area contributed by atoms with Crippen LogP contribution in [0.5, 0.6) is 5.75 Å². The minimum atomic E-state index is -4.53. The second kappa shape index (κ2) is 8.59. The average molecular weight is 361 g/mol. The molecule has 0 saturated carbocycles. The maximum Gasteiger partial charge on any atom is 0.416 e. The predicted molar refractivity (Wildman–Crippen MR) is 85.2 cm³/mol. The monoisotopic (exact) mass is 360 g/mol. The number of carboxylic acid groups (broad SMARTS) is 1. The first-order valence-electron chi connectivity index (χ1n) is 7.09. The third-order valence-electron chi connectivity index (χ3n) is 2.81. The summed E-state index contributed by atoms with van der Waals surface area (Å²) in [7, 11) is 0. The highest BCUT2D eigenvalue weighted by Crippen LogP contribution is 2.32. The molecule has 1 unspecified atom stereocenters. The summed E-state index contributed by atoms with van der Waals surface area (Å²) in [5.41, 5.74) is -0.639. The van der Waals surface area contributed by atoms with E-state index in [9.17, 15) is 23.1 Å². The van der Waals surface area contributed by atoms with Crippen LogP contribution in [0.15, 0.2) is 48.5 Å². The van der Waals surface area contributed by atoms with Crippen LogP contribution in [0.25, 0.3) is 0 Å². The van der Waals surface area contributed by atoms with Gasteiger partial charge in [0.05, 0.1) is 5.56 Å². The SMILES string of the molecule is CC.O=C(O)C(Oc1cccc(C(F)(F)F)c1)c1ccc(Cl)cc1. The number of carbonyl (C=O) groups is 1. The van der Waals surface area contributed by atoms with Crippen LogP contribution in [-0.4, -0.2) is 11.1 Å². The van der Waals surface area contributed by atoms with Crippen molar-refractivity contribution in [2.75, 3.05) is 0 Å². The molecule has 130 valence electrons. The van der Waals surface area contributed by atoms with Crippen LogP contribution >= 0.6 is 11.6 Å². The highest BCUT2D eigenvalue weighted by molar-refractivity contribution is 6.30. The summed E-state index contributed by atoms with van der Waals surface area (Å²) >= 11 is 5.71. The third kappa shape index (κ3) is 5.45. The molecule has 0 spiro atoms. The van der Waals surface area contributed by atoms with Crippen molar-refractivity contribution in [3.8, 4) is 5.75 Å². The van der Waals surface area contributed by atoms with E-state index in [0.717, 1.165) is 18.2 Å². The van der Waals surface area contributed by atoms with E-state index in [1.165, 1.54) is 30.3 Å². The fourth-order valence-corrected chi connectivity index (χ4v) is 1.91. The average Bonchev–Trinajstić information content (AvgIpc) is 2.55. The molecule has 24 heavy (non-hydrogen) atoms. The first-order valence-corrected chi connectivity index (χ1v) is 7.47. The Morgan fingerprint density at radius 3 is 2.21 bits per heavy atom. The molecule has 2 aromatic carbocycles. The molecular formula is C17H16ClF3O3. The van der Waals surface area contributed by atoms with E-state index in [1.54, 1.807) is 0 Å². The lowest BCUT2D eigenvalue weighted by atomic mass is 10.1. The molecule has 0 bridgehead atoms. The van der Waals surface area contributed by atoms with Crippen molar-refractivity contribution >= 4 is 17.6 Å². The number of ether oxygens (including phenoxy) is 1. The van der Waals surface area contributed by atoms with Gasteiger partial charge < -0.3 is 9.84 Å². The van der Waals surface area contributed by atoms with Crippen LogP contribution in [0.2, 0.25) is 5.02 Å². The van der Waals surface area contributed by atoms with E-state index in [0.29, 0.717) is 5.02 Å². The molecule has 0 aliphatic carbocycles. The number of aliphatic carboxylic acids is 1. The van der Waals surface area contributed by atoms with Crippen molar-refractivity contribution in [3.05, 3.63) is 64.7 Å². The summed E-state index contributed by atoms with van der Waals surface area (Å²) in [6.07, 6.45) is -5.96. The lowest BCUT2D eigenvalue weighted by Gasteiger charge is -2.16. The van der Waals surface area contributed by atoms with Gasteiger partial charge in [0.25, 0.3) is 0 Å². The van der Waals surface area contributed by atoms with Gasteiger partial charge in [0, 0.05) is 10.6 Å². The van der Waals surface area contributed by atoms with Gasteiger partial charge in [-0.3, -0.25) is 0 Å². The summed E-state index contributed by atoms with van der Waals surface area (Å²) in [6.45, 7) is 4.00. The summed E-state index contributed by atoms with van der Waals surface area (Å²) < 4.78 is 43.1. The molecule has 0 radical (unpaired) electrons. The van der Waals surface area contributed by atoms with E-state index in [2.05, 4.69) is 0 Å². The smallest absolute Gasteiger partial charge is 0.416 e. The predicted octanol–water partition coefficient (Wildman–Crippen LogP) is 5.59. The number of benzene rings is 2. The van der Waals surface area contributed by atoms with Crippen LogP contribution in [0.3, 0.4) is 0 Å². The highest BCUT2D eigenvalue weighted by atomic mass is 35.5. The lowest BCUT2D eigenvalue weighted by Crippen LogP contribution is -2.18. The maximum absolute atomic E-state index is 12.6. The van der Waals surface area contributed by atoms with Gasteiger partial charge in [-0.15, -0.1) is 0 Å². The van der Waals surface area contributed by atoms with E-state index < -0.39 is 23.8 Å². The van der Waals surface area contributed by atoms with Crippen LogP contribution in [0.4, 0.5) is 13.2 Å². The third-order valence-corrected chi connectivity index (χ3v) is 3.06. The van der Waals surface area contributed by atoms with Gasteiger partial charge in [-0.05, 0) is 30.3 Å². The molecular weight excluding hydrogens is 345 g/mol. The normalized spacial score (nSPS) is 11.9. The second-order valence-electron chi connectivity index (χ2n) is 4.41. The zero-order valence-corrected chi connectivity index (χ0v) is 13.7. The molecule has 1 N–H and O–H groups in total. The van der Waals surface area contributed by atoms with Crippen LogP contribution < -0.4 is 4.74 Å². The molecule has 1 atom stereocenters. The van der Waals surface area contributed by atoms with Gasteiger partial charge in [0.1, 0.15) is 5.75 Å². The highest BCUT2D eigenvalue weighted by Gasteiger charge is 2.31. The Labute approximate surface area is 142 Å². The number of alkyl halides is 3. The van der Waals surface area contributed by atoms with Crippen molar-refractivity contribution in [3.63, 3.8) is 0 Å². The first kappa shape index (κ1) is 19.8. The zero-order valence-electron chi connectivity index (χ0n) is 13.0. The Kier molecular flexibility index (Phi) is 7.10. The van der Waals surface area contributed by atoms with Crippen LogP contribution in [-0.2, 0) is 11.0 Å². The summed E-state index contributed by atoms with van der Waals surface area (Å²) in [4.78, 5) is 11.3. The lowest BCUT2D eigenvalue weighted by molar-refractivity contribution is -0.145. The van der Waals surface area contributed by atoms with E-state index in [4.69, 9.17) is 16.3 Å². The standard InChI is InChI=1S/C15H10ClF3O3.C2H6/c16-11-6-4-9(5-7-11)13(14(20)21)22-12-3-1-2-10(8-12)15(17,18)19;1-2/h1-8,13H,(H,20,21);1-2H3. The number of carboxylic acids is 1. The molecule has 0 aliphatic rings. The van der Waals surface area contributed by atoms with Crippen molar-refractivity contribution in [1.82, 2.24) is 0 Å². The van der Waals surface area contributed by atoms with Crippen LogP contribution in [0, 0.1) is 0 Å². The number of hydrogen-bond acceptors (Lipinski definition) is 2. The van der Waals surface area contributed by atoms with Gasteiger partial charge in [0.2, 0.25) is 6.10 Å². The number of hydrogen-bond donors (Lipinski definition) is 1. The Balaban J connectivity index is 0.00000139. The Hall–Kier alpha value is -2.21. The minimum absolute atomic E-state index is 0.183. The Morgan fingerprint density at radius 2 is 1.71 bits per heavy atom.